The standard InChI is InChI=1S/C15H29N3/c1-5-15(12-16,17-14-7-8-14)9-6-10-18(4)11-13(2)3/h13-14,17H,5-11H2,1-4H3. The molecule has 0 aromatic rings. The predicted octanol–water partition coefficient (Wildman–Crippen LogP) is 2.78. The van der Waals surface area contributed by atoms with Crippen molar-refractivity contribution in [1.29, 1.82) is 5.26 Å². The first-order chi connectivity index (χ1) is 8.51. The van der Waals surface area contributed by atoms with Crippen molar-refractivity contribution < 1.29 is 0 Å². The third kappa shape index (κ3) is 5.37. The van der Waals surface area contributed by atoms with Crippen LogP contribution in [0.3, 0.4) is 0 Å². The highest BCUT2D eigenvalue weighted by Gasteiger charge is 2.34. The molecule has 3 nitrogen and oxygen atoms in total. The highest BCUT2D eigenvalue weighted by Crippen LogP contribution is 2.26. The number of hydrogen-bond acceptors (Lipinski definition) is 3. The lowest BCUT2D eigenvalue weighted by atomic mass is 9.91. The lowest BCUT2D eigenvalue weighted by molar-refractivity contribution is 0.269. The minimum atomic E-state index is -0.278. The van der Waals surface area contributed by atoms with Crippen molar-refractivity contribution in [3.63, 3.8) is 0 Å². The Kier molecular flexibility index (Phi) is 6.11. The van der Waals surface area contributed by atoms with Crippen LogP contribution < -0.4 is 5.32 Å². The molecule has 0 radical (unpaired) electrons. The molecule has 18 heavy (non-hydrogen) atoms. The maximum Gasteiger partial charge on any atom is 0.106 e. The van der Waals surface area contributed by atoms with Gasteiger partial charge >= 0.3 is 0 Å². The highest BCUT2D eigenvalue weighted by atomic mass is 15.1. The van der Waals surface area contributed by atoms with Gasteiger partial charge in [-0.15, -0.1) is 0 Å². The molecule has 1 atom stereocenters. The zero-order chi connectivity index (χ0) is 13.6. The first-order valence-electron chi connectivity index (χ1n) is 7.39. The second-order valence-electron chi connectivity index (χ2n) is 6.23. The number of nitrogens with one attached hydrogen (secondary N) is 1. The molecule has 0 spiro atoms. The summed E-state index contributed by atoms with van der Waals surface area (Å²) in [7, 11) is 2.17. The van der Waals surface area contributed by atoms with Crippen LogP contribution in [-0.2, 0) is 0 Å². The second-order valence-corrected chi connectivity index (χ2v) is 6.23. The smallest absolute Gasteiger partial charge is 0.106 e. The van der Waals surface area contributed by atoms with Crippen LogP contribution in [0.5, 0.6) is 0 Å². The molecule has 0 amide bonds. The molecule has 1 unspecified atom stereocenters. The number of rotatable bonds is 9. The lowest BCUT2D eigenvalue weighted by Gasteiger charge is -2.28. The van der Waals surface area contributed by atoms with E-state index in [0.29, 0.717) is 12.0 Å². The van der Waals surface area contributed by atoms with Crippen LogP contribution in [0.25, 0.3) is 0 Å². The van der Waals surface area contributed by atoms with E-state index in [4.69, 9.17) is 0 Å². The summed E-state index contributed by atoms with van der Waals surface area (Å²) in [6.45, 7) is 8.85. The van der Waals surface area contributed by atoms with Gasteiger partial charge in [0.1, 0.15) is 5.54 Å². The quantitative estimate of drug-likeness (QED) is 0.685. The van der Waals surface area contributed by atoms with Gasteiger partial charge in [0.2, 0.25) is 0 Å². The van der Waals surface area contributed by atoms with Gasteiger partial charge < -0.3 is 4.90 Å². The summed E-state index contributed by atoms with van der Waals surface area (Å²) in [5, 5.41) is 13.0. The molecule has 0 saturated heterocycles. The Balaban J connectivity index is 2.31. The Morgan fingerprint density at radius 2 is 2.11 bits per heavy atom. The van der Waals surface area contributed by atoms with Gasteiger partial charge in [-0.3, -0.25) is 5.32 Å². The first-order valence-corrected chi connectivity index (χ1v) is 7.39. The van der Waals surface area contributed by atoms with Gasteiger partial charge in [-0.2, -0.15) is 5.26 Å². The maximum absolute atomic E-state index is 9.44. The summed E-state index contributed by atoms with van der Waals surface area (Å²) in [6, 6.07) is 3.13. The summed E-state index contributed by atoms with van der Waals surface area (Å²) in [4.78, 5) is 2.37. The molecule has 1 aliphatic carbocycles. The van der Waals surface area contributed by atoms with E-state index in [-0.39, 0.29) is 5.54 Å². The van der Waals surface area contributed by atoms with E-state index < -0.39 is 0 Å². The van der Waals surface area contributed by atoms with Crippen molar-refractivity contribution in [3.05, 3.63) is 0 Å². The summed E-state index contributed by atoms with van der Waals surface area (Å²) in [5.74, 6) is 0.714. The van der Waals surface area contributed by atoms with Crippen molar-refractivity contribution >= 4 is 0 Å². The van der Waals surface area contributed by atoms with Gasteiger partial charge in [0.25, 0.3) is 0 Å². The van der Waals surface area contributed by atoms with Gasteiger partial charge in [0.15, 0.2) is 0 Å². The predicted molar refractivity (Wildman–Crippen MR) is 76.4 cm³/mol. The van der Waals surface area contributed by atoms with Crippen molar-refractivity contribution in [1.82, 2.24) is 10.2 Å². The molecule has 1 fully saturated rings. The van der Waals surface area contributed by atoms with E-state index in [1.54, 1.807) is 0 Å². The second kappa shape index (κ2) is 7.11. The monoisotopic (exact) mass is 251 g/mol. The topological polar surface area (TPSA) is 39.1 Å². The number of nitrogens with zero attached hydrogens (tertiary/aromatic N) is 2. The molecule has 1 aliphatic rings. The molecule has 0 aromatic heterocycles. The normalized spacial score (nSPS) is 18.9. The van der Waals surface area contributed by atoms with E-state index in [0.717, 1.165) is 32.4 Å². The van der Waals surface area contributed by atoms with Gasteiger partial charge in [-0.25, -0.2) is 0 Å². The minimum absolute atomic E-state index is 0.278. The average Bonchev–Trinajstić information content (AvgIpc) is 3.10. The van der Waals surface area contributed by atoms with Crippen LogP contribution in [0.4, 0.5) is 0 Å². The molecular formula is C15H29N3. The third-order valence-corrected chi connectivity index (χ3v) is 3.70. The van der Waals surface area contributed by atoms with E-state index in [1.165, 1.54) is 12.8 Å². The van der Waals surface area contributed by atoms with Crippen molar-refractivity contribution in [2.75, 3.05) is 20.1 Å². The van der Waals surface area contributed by atoms with Crippen LogP contribution in [-0.4, -0.2) is 36.6 Å². The molecule has 0 aromatic carbocycles. The summed E-state index contributed by atoms with van der Waals surface area (Å²) in [5.41, 5.74) is -0.278. The van der Waals surface area contributed by atoms with Crippen LogP contribution >= 0.6 is 0 Å². The summed E-state index contributed by atoms with van der Waals surface area (Å²) >= 11 is 0. The molecule has 3 heteroatoms. The molecule has 0 aliphatic heterocycles. The Morgan fingerprint density at radius 3 is 2.56 bits per heavy atom. The molecule has 104 valence electrons. The van der Waals surface area contributed by atoms with Gasteiger partial charge in [-0.05, 0) is 51.6 Å². The zero-order valence-electron chi connectivity index (χ0n) is 12.5. The van der Waals surface area contributed by atoms with Gasteiger partial charge in [0, 0.05) is 12.6 Å². The van der Waals surface area contributed by atoms with Crippen LogP contribution in [0.15, 0.2) is 0 Å². The highest BCUT2D eigenvalue weighted by molar-refractivity contribution is 5.09. The molecule has 1 rings (SSSR count). The van der Waals surface area contributed by atoms with Crippen molar-refractivity contribution in [2.24, 2.45) is 5.92 Å². The fraction of sp³-hybridized carbons (Fsp3) is 0.933. The first kappa shape index (κ1) is 15.5. The molecule has 0 heterocycles. The zero-order valence-corrected chi connectivity index (χ0v) is 12.5. The number of hydrogen-bond donors (Lipinski definition) is 1. The number of nitriles is 1. The van der Waals surface area contributed by atoms with E-state index in [1.807, 2.05) is 0 Å². The van der Waals surface area contributed by atoms with E-state index >= 15 is 0 Å². The fourth-order valence-electron chi connectivity index (χ4n) is 2.50. The summed E-state index contributed by atoms with van der Waals surface area (Å²) < 4.78 is 0. The Bertz CT molecular complexity index is 278. The third-order valence-electron chi connectivity index (χ3n) is 3.70. The Labute approximate surface area is 113 Å². The molecule has 1 N–H and O–H groups in total. The van der Waals surface area contributed by atoms with Gasteiger partial charge in [-0.1, -0.05) is 20.8 Å². The lowest BCUT2D eigenvalue weighted by Crippen LogP contribution is -2.45. The van der Waals surface area contributed by atoms with E-state index in [9.17, 15) is 5.26 Å². The minimum Gasteiger partial charge on any atom is -0.306 e. The average molecular weight is 251 g/mol. The maximum atomic E-state index is 9.44. The summed E-state index contributed by atoms with van der Waals surface area (Å²) in [6.07, 6.45) is 5.48. The molecular weight excluding hydrogens is 222 g/mol. The van der Waals surface area contributed by atoms with Gasteiger partial charge in [0.05, 0.1) is 6.07 Å². The Morgan fingerprint density at radius 1 is 1.44 bits per heavy atom. The van der Waals surface area contributed by atoms with Crippen molar-refractivity contribution in [2.45, 2.75) is 64.5 Å². The Hall–Kier alpha value is -0.590. The SMILES string of the molecule is CCC(C#N)(CCCN(C)CC(C)C)NC1CC1. The van der Waals surface area contributed by atoms with Crippen LogP contribution in [0.2, 0.25) is 0 Å². The van der Waals surface area contributed by atoms with E-state index in [2.05, 4.69) is 44.1 Å². The molecule has 0 bridgehead atoms. The van der Waals surface area contributed by atoms with Crippen LogP contribution in [0.1, 0.15) is 52.9 Å². The van der Waals surface area contributed by atoms with Crippen molar-refractivity contribution in [3.8, 4) is 6.07 Å². The largest absolute Gasteiger partial charge is 0.306 e. The van der Waals surface area contributed by atoms with Crippen LogP contribution in [0, 0.1) is 17.2 Å². The molecule has 1 saturated carbocycles. The fourth-order valence-corrected chi connectivity index (χ4v) is 2.50.